The number of hydrogen-bond acceptors (Lipinski definition) is 3. The van der Waals surface area contributed by atoms with Gasteiger partial charge in [0.15, 0.2) is 0 Å². The fraction of sp³-hybridized carbons (Fsp3) is 0.444. The standard InChI is InChI=1S/C18H22FN3O/c1-2-3-17(23)22-8-6-12(7-9-22)18-15(20)11-13-10-14(19)4-5-16(13)21-18/h4-5,10-12H,2-3,6-9,20H2,1H3. The molecule has 0 unspecified atom stereocenters. The minimum Gasteiger partial charge on any atom is -0.397 e. The van der Waals surface area contributed by atoms with E-state index in [1.807, 2.05) is 11.8 Å². The number of fused-ring (bicyclic) bond motifs is 1. The lowest BCUT2D eigenvalue weighted by molar-refractivity contribution is -0.132. The molecule has 5 heteroatoms. The third-order valence-electron chi connectivity index (χ3n) is 4.54. The van der Waals surface area contributed by atoms with Crippen molar-refractivity contribution in [1.29, 1.82) is 0 Å². The van der Waals surface area contributed by atoms with Gasteiger partial charge in [-0.25, -0.2) is 4.39 Å². The number of piperidine rings is 1. The molecule has 2 aromatic rings. The summed E-state index contributed by atoms with van der Waals surface area (Å²) in [5.74, 6) is 0.213. The normalized spacial score (nSPS) is 16.0. The average Bonchev–Trinajstić information content (AvgIpc) is 2.54. The molecule has 122 valence electrons. The predicted molar refractivity (Wildman–Crippen MR) is 89.6 cm³/mol. The lowest BCUT2D eigenvalue weighted by atomic mass is 9.91. The average molecular weight is 315 g/mol. The summed E-state index contributed by atoms with van der Waals surface area (Å²) in [6, 6.07) is 6.36. The molecule has 1 aromatic carbocycles. The van der Waals surface area contributed by atoms with Gasteiger partial charge in [0.25, 0.3) is 0 Å². The maximum absolute atomic E-state index is 13.3. The maximum Gasteiger partial charge on any atom is 0.222 e. The van der Waals surface area contributed by atoms with Crippen LogP contribution in [0.4, 0.5) is 10.1 Å². The number of anilines is 1. The van der Waals surface area contributed by atoms with E-state index in [0.29, 0.717) is 12.1 Å². The minimum atomic E-state index is -0.283. The van der Waals surface area contributed by atoms with Crippen molar-refractivity contribution in [3.8, 4) is 0 Å². The van der Waals surface area contributed by atoms with E-state index < -0.39 is 0 Å². The van der Waals surface area contributed by atoms with Crippen LogP contribution in [0.2, 0.25) is 0 Å². The van der Waals surface area contributed by atoms with Crippen molar-refractivity contribution in [2.75, 3.05) is 18.8 Å². The fourth-order valence-corrected chi connectivity index (χ4v) is 3.28. The second kappa shape index (κ2) is 6.52. The molecule has 0 aliphatic carbocycles. The fourth-order valence-electron chi connectivity index (χ4n) is 3.28. The van der Waals surface area contributed by atoms with Gasteiger partial charge >= 0.3 is 0 Å². The summed E-state index contributed by atoms with van der Waals surface area (Å²) in [5, 5.41) is 0.724. The highest BCUT2D eigenvalue weighted by Gasteiger charge is 2.25. The molecule has 1 aromatic heterocycles. The molecule has 0 bridgehead atoms. The van der Waals surface area contributed by atoms with Gasteiger partial charge in [0, 0.05) is 30.8 Å². The summed E-state index contributed by atoms with van der Waals surface area (Å²) in [4.78, 5) is 18.6. The van der Waals surface area contributed by atoms with Crippen LogP contribution in [0.5, 0.6) is 0 Å². The summed E-state index contributed by atoms with van der Waals surface area (Å²) >= 11 is 0. The number of aromatic nitrogens is 1. The van der Waals surface area contributed by atoms with Crippen LogP contribution in [0.25, 0.3) is 10.9 Å². The zero-order valence-electron chi connectivity index (χ0n) is 13.4. The first kappa shape index (κ1) is 15.7. The molecule has 1 amide bonds. The third-order valence-corrected chi connectivity index (χ3v) is 4.54. The number of hydrogen-bond donors (Lipinski definition) is 1. The number of halogens is 1. The zero-order valence-corrected chi connectivity index (χ0v) is 13.4. The Hall–Kier alpha value is -2.17. The third kappa shape index (κ3) is 3.28. The van der Waals surface area contributed by atoms with Crippen LogP contribution in [0.3, 0.4) is 0 Å². The topological polar surface area (TPSA) is 59.2 Å². The molecule has 1 aliphatic rings. The molecule has 1 aliphatic heterocycles. The van der Waals surface area contributed by atoms with E-state index in [1.165, 1.54) is 12.1 Å². The number of carbonyl (C=O) groups excluding carboxylic acids is 1. The highest BCUT2D eigenvalue weighted by Crippen LogP contribution is 2.32. The number of nitrogens with two attached hydrogens (primary N) is 1. The van der Waals surface area contributed by atoms with Crippen molar-refractivity contribution in [1.82, 2.24) is 9.88 Å². The first-order valence-electron chi connectivity index (χ1n) is 8.22. The lowest BCUT2D eigenvalue weighted by Crippen LogP contribution is -2.38. The molecule has 3 rings (SSSR count). The van der Waals surface area contributed by atoms with Crippen LogP contribution >= 0.6 is 0 Å². The Morgan fingerprint density at radius 1 is 1.35 bits per heavy atom. The number of amides is 1. The molecule has 0 atom stereocenters. The van der Waals surface area contributed by atoms with Gasteiger partial charge in [0.05, 0.1) is 16.9 Å². The number of rotatable bonds is 3. The van der Waals surface area contributed by atoms with E-state index in [-0.39, 0.29) is 17.6 Å². The van der Waals surface area contributed by atoms with E-state index in [0.717, 1.165) is 48.9 Å². The van der Waals surface area contributed by atoms with Crippen LogP contribution in [-0.4, -0.2) is 28.9 Å². The van der Waals surface area contributed by atoms with Gasteiger partial charge < -0.3 is 10.6 Å². The Morgan fingerprint density at radius 2 is 2.09 bits per heavy atom. The second-order valence-corrected chi connectivity index (χ2v) is 6.20. The quantitative estimate of drug-likeness (QED) is 0.943. The second-order valence-electron chi connectivity index (χ2n) is 6.20. The number of nitrogens with zero attached hydrogens (tertiary/aromatic N) is 2. The van der Waals surface area contributed by atoms with Crippen molar-refractivity contribution < 1.29 is 9.18 Å². The summed E-state index contributed by atoms with van der Waals surface area (Å²) < 4.78 is 13.3. The van der Waals surface area contributed by atoms with Crippen molar-refractivity contribution >= 4 is 22.5 Å². The van der Waals surface area contributed by atoms with E-state index in [2.05, 4.69) is 4.98 Å². The molecular formula is C18H22FN3O. The molecule has 1 saturated heterocycles. The number of carbonyl (C=O) groups is 1. The van der Waals surface area contributed by atoms with E-state index >= 15 is 0 Å². The molecule has 0 spiro atoms. The largest absolute Gasteiger partial charge is 0.397 e. The van der Waals surface area contributed by atoms with E-state index in [9.17, 15) is 9.18 Å². The lowest BCUT2D eigenvalue weighted by Gasteiger charge is -2.32. The van der Waals surface area contributed by atoms with E-state index in [4.69, 9.17) is 5.73 Å². The van der Waals surface area contributed by atoms with Crippen molar-refractivity contribution in [3.63, 3.8) is 0 Å². The highest BCUT2D eigenvalue weighted by atomic mass is 19.1. The summed E-state index contributed by atoms with van der Waals surface area (Å²) in [7, 11) is 0. The van der Waals surface area contributed by atoms with Gasteiger partial charge in [0.1, 0.15) is 5.82 Å². The van der Waals surface area contributed by atoms with Gasteiger partial charge in [0.2, 0.25) is 5.91 Å². The molecule has 2 N–H and O–H groups in total. The van der Waals surface area contributed by atoms with Gasteiger partial charge in [-0.05, 0) is 43.5 Å². The predicted octanol–water partition coefficient (Wildman–Crippen LogP) is 3.46. The Balaban J connectivity index is 1.78. The summed E-state index contributed by atoms with van der Waals surface area (Å²) in [6.45, 7) is 3.53. The van der Waals surface area contributed by atoms with Gasteiger partial charge in [-0.3, -0.25) is 9.78 Å². The minimum absolute atomic E-state index is 0.237. The molecule has 2 heterocycles. The van der Waals surface area contributed by atoms with Crippen LogP contribution in [-0.2, 0) is 4.79 Å². The van der Waals surface area contributed by atoms with Crippen molar-refractivity contribution in [2.24, 2.45) is 0 Å². The Kier molecular flexibility index (Phi) is 4.46. The highest BCUT2D eigenvalue weighted by molar-refractivity contribution is 5.82. The van der Waals surface area contributed by atoms with Gasteiger partial charge in [-0.2, -0.15) is 0 Å². The maximum atomic E-state index is 13.3. The van der Waals surface area contributed by atoms with Gasteiger partial charge in [-0.1, -0.05) is 6.92 Å². The van der Waals surface area contributed by atoms with Crippen LogP contribution < -0.4 is 5.73 Å². The molecule has 23 heavy (non-hydrogen) atoms. The summed E-state index contributed by atoms with van der Waals surface area (Å²) in [5.41, 5.74) is 8.40. The number of pyridine rings is 1. The van der Waals surface area contributed by atoms with Crippen molar-refractivity contribution in [3.05, 3.63) is 35.8 Å². The monoisotopic (exact) mass is 315 g/mol. The van der Waals surface area contributed by atoms with Crippen LogP contribution in [0, 0.1) is 5.82 Å². The SMILES string of the molecule is CCCC(=O)N1CCC(c2nc3ccc(F)cc3cc2N)CC1. The van der Waals surface area contributed by atoms with E-state index in [1.54, 1.807) is 12.1 Å². The Bertz CT molecular complexity index is 724. The van der Waals surface area contributed by atoms with Crippen molar-refractivity contribution in [2.45, 2.75) is 38.5 Å². The van der Waals surface area contributed by atoms with Gasteiger partial charge in [-0.15, -0.1) is 0 Å². The first-order chi connectivity index (χ1) is 11.1. The molecule has 1 fully saturated rings. The first-order valence-corrected chi connectivity index (χ1v) is 8.22. The molecule has 4 nitrogen and oxygen atoms in total. The van der Waals surface area contributed by atoms with Crippen LogP contribution in [0.15, 0.2) is 24.3 Å². The molecule has 0 saturated carbocycles. The zero-order chi connectivity index (χ0) is 16.4. The number of likely N-dealkylation sites (tertiary alicyclic amines) is 1. The number of benzene rings is 1. The summed E-state index contributed by atoms with van der Waals surface area (Å²) in [6.07, 6.45) is 3.25. The molecule has 0 radical (unpaired) electrons. The number of nitrogen functional groups attached to an aromatic ring is 1. The smallest absolute Gasteiger partial charge is 0.222 e. The molecular weight excluding hydrogens is 293 g/mol. The Morgan fingerprint density at radius 3 is 2.78 bits per heavy atom. The Labute approximate surface area is 135 Å². The van der Waals surface area contributed by atoms with Crippen LogP contribution in [0.1, 0.15) is 44.2 Å².